The van der Waals surface area contributed by atoms with Crippen LogP contribution in [0.5, 0.6) is 0 Å². The van der Waals surface area contributed by atoms with Crippen LogP contribution in [0.3, 0.4) is 0 Å². The molecule has 0 aliphatic heterocycles. The van der Waals surface area contributed by atoms with E-state index in [0.29, 0.717) is 11.5 Å². The van der Waals surface area contributed by atoms with Gasteiger partial charge in [-0.05, 0) is 30.7 Å². The number of carbonyl (C=O) groups is 3. The summed E-state index contributed by atoms with van der Waals surface area (Å²) in [4.78, 5) is 48.7. The molecule has 1 atom stereocenters. The number of fused-ring (bicyclic) bond motifs is 1. The van der Waals surface area contributed by atoms with Gasteiger partial charge in [0.05, 0.1) is 0 Å². The Morgan fingerprint density at radius 1 is 1.13 bits per heavy atom. The zero-order valence-corrected chi connectivity index (χ0v) is 16.7. The number of benzene rings is 1. The van der Waals surface area contributed by atoms with Gasteiger partial charge in [0, 0.05) is 41.6 Å². The molecule has 0 saturated heterocycles. The molecular formula is C22H20N6O3. The number of primary amides is 1. The number of hydrogen-bond donors (Lipinski definition) is 3. The molecule has 9 nitrogen and oxygen atoms in total. The highest BCUT2D eigenvalue weighted by atomic mass is 16.2. The van der Waals surface area contributed by atoms with E-state index in [1.165, 1.54) is 6.20 Å². The number of pyridine rings is 1. The summed E-state index contributed by atoms with van der Waals surface area (Å²) >= 11 is 0. The van der Waals surface area contributed by atoms with Crippen LogP contribution in [-0.2, 0) is 16.0 Å². The fourth-order valence-electron chi connectivity index (χ4n) is 3.50. The third-order valence-corrected chi connectivity index (χ3v) is 4.98. The summed E-state index contributed by atoms with van der Waals surface area (Å²) in [5, 5.41) is 3.52. The van der Waals surface area contributed by atoms with Gasteiger partial charge in [-0.2, -0.15) is 0 Å². The number of aromatic nitrogens is 4. The first kappa shape index (κ1) is 20.0. The van der Waals surface area contributed by atoms with E-state index in [9.17, 15) is 14.4 Å². The van der Waals surface area contributed by atoms with Crippen LogP contribution in [0.2, 0.25) is 0 Å². The number of aryl methyl sites for hydroxylation is 1. The molecule has 1 aromatic carbocycles. The van der Waals surface area contributed by atoms with E-state index < -0.39 is 23.6 Å². The van der Waals surface area contributed by atoms with Crippen molar-refractivity contribution in [1.29, 1.82) is 0 Å². The summed E-state index contributed by atoms with van der Waals surface area (Å²) in [7, 11) is 0. The molecule has 0 saturated carbocycles. The maximum atomic E-state index is 13.0. The maximum absolute atomic E-state index is 13.0. The minimum absolute atomic E-state index is 0.0531. The number of H-pyrrole nitrogens is 1. The van der Waals surface area contributed by atoms with Gasteiger partial charge in [-0.25, -0.2) is 9.97 Å². The Hall–Kier alpha value is -4.27. The molecule has 4 N–H and O–H groups in total. The van der Waals surface area contributed by atoms with Gasteiger partial charge in [-0.1, -0.05) is 24.3 Å². The lowest BCUT2D eigenvalue weighted by Gasteiger charge is -2.16. The number of Topliss-reactive ketones (excluding diaryl/α,β-unsaturated/α-hetero) is 1. The third-order valence-electron chi connectivity index (χ3n) is 4.98. The van der Waals surface area contributed by atoms with E-state index in [-0.39, 0.29) is 12.2 Å². The highest BCUT2D eigenvalue weighted by Crippen LogP contribution is 2.20. The van der Waals surface area contributed by atoms with Crippen LogP contribution in [0.25, 0.3) is 16.7 Å². The summed E-state index contributed by atoms with van der Waals surface area (Å²) in [6.07, 6.45) is 4.99. The molecule has 0 radical (unpaired) electrons. The predicted octanol–water partition coefficient (Wildman–Crippen LogP) is 1.45. The molecule has 156 valence electrons. The van der Waals surface area contributed by atoms with Crippen LogP contribution in [0, 0.1) is 6.92 Å². The highest BCUT2D eigenvalue weighted by Gasteiger charge is 2.28. The molecule has 4 rings (SSSR count). The Morgan fingerprint density at radius 3 is 2.65 bits per heavy atom. The Kier molecular flexibility index (Phi) is 5.31. The minimum Gasteiger partial charge on any atom is -0.363 e. The van der Waals surface area contributed by atoms with Gasteiger partial charge in [-0.15, -0.1) is 0 Å². The number of carbonyl (C=O) groups excluding carboxylic acids is 3. The van der Waals surface area contributed by atoms with Crippen molar-refractivity contribution >= 4 is 28.5 Å². The number of para-hydroxylation sites is 1. The Labute approximate surface area is 177 Å². The van der Waals surface area contributed by atoms with Crippen LogP contribution >= 0.6 is 0 Å². The SMILES string of the molecule is Cc1cnc(C(=O)NC(Cc2c[nH]c3ccccc23)C(=O)C(N)=O)n1-c1ccccn1. The van der Waals surface area contributed by atoms with Crippen LogP contribution in [0.1, 0.15) is 21.9 Å². The van der Waals surface area contributed by atoms with Crippen molar-refractivity contribution in [3.05, 3.63) is 78.1 Å². The van der Waals surface area contributed by atoms with Gasteiger partial charge in [0.15, 0.2) is 0 Å². The first-order valence-corrected chi connectivity index (χ1v) is 9.61. The largest absolute Gasteiger partial charge is 0.363 e. The fourth-order valence-corrected chi connectivity index (χ4v) is 3.50. The lowest BCUT2D eigenvalue weighted by atomic mass is 10.0. The quantitative estimate of drug-likeness (QED) is 0.392. The molecule has 0 aliphatic carbocycles. The van der Waals surface area contributed by atoms with Gasteiger partial charge < -0.3 is 16.0 Å². The van der Waals surface area contributed by atoms with Crippen LogP contribution in [0.4, 0.5) is 0 Å². The molecule has 4 aromatic rings. The molecule has 3 aromatic heterocycles. The summed E-state index contributed by atoms with van der Waals surface area (Å²) in [6, 6.07) is 11.7. The van der Waals surface area contributed by atoms with Crippen molar-refractivity contribution in [1.82, 2.24) is 24.8 Å². The van der Waals surface area contributed by atoms with Crippen molar-refractivity contribution in [3.8, 4) is 5.82 Å². The van der Waals surface area contributed by atoms with Crippen molar-refractivity contribution in [2.45, 2.75) is 19.4 Å². The number of rotatable bonds is 7. The monoisotopic (exact) mass is 416 g/mol. The van der Waals surface area contributed by atoms with Gasteiger partial charge in [0.2, 0.25) is 11.6 Å². The van der Waals surface area contributed by atoms with Gasteiger partial charge in [-0.3, -0.25) is 19.0 Å². The first-order chi connectivity index (χ1) is 15.0. The van der Waals surface area contributed by atoms with Crippen molar-refractivity contribution in [2.24, 2.45) is 5.73 Å². The zero-order valence-electron chi connectivity index (χ0n) is 16.7. The van der Waals surface area contributed by atoms with Crippen molar-refractivity contribution in [3.63, 3.8) is 0 Å². The molecule has 31 heavy (non-hydrogen) atoms. The van der Waals surface area contributed by atoms with E-state index >= 15 is 0 Å². The number of nitrogens with zero attached hydrogens (tertiary/aromatic N) is 3. The summed E-state index contributed by atoms with van der Waals surface area (Å²) < 4.78 is 1.58. The normalized spacial score (nSPS) is 11.9. The second-order valence-corrected chi connectivity index (χ2v) is 7.06. The average Bonchev–Trinajstić information content (AvgIpc) is 3.37. The Morgan fingerprint density at radius 2 is 1.90 bits per heavy atom. The number of amides is 2. The number of aromatic amines is 1. The standard InChI is InChI=1S/C22H20N6O3/c1-13-11-26-21(28(13)18-8-4-5-9-24-18)22(31)27-17(19(29)20(23)30)10-14-12-25-16-7-3-2-6-15(14)16/h2-9,11-12,17,25H,10H2,1H3,(H2,23,30)(H,27,31). The lowest BCUT2D eigenvalue weighted by molar-refractivity contribution is -0.137. The van der Waals surface area contributed by atoms with Crippen LogP contribution in [0.15, 0.2) is 61.1 Å². The van der Waals surface area contributed by atoms with Crippen LogP contribution in [-0.4, -0.2) is 43.2 Å². The molecule has 9 heteroatoms. The second-order valence-electron chi connectivity index (χ2n) is 7.06. The first-order valence-electron chi connectivity index (χ1n) is 9.61. The molecule has 3 heterocycles. The molecular weight excluding hydrogens is 396 g/mol. The highest BCUT2D eigenvalue weighted by molar-refractivity contribution is 6.38. The van der Waals surface area contributed by atoms with Gasteiger partial charge in [0.1, 0.15) is 11.9 Å². The fraction of sp³-hybridized carbons (Fsp3) is 0.136. The molecule has 0 aliphatic rings. The van der Waals surface area contributed by atoms with Crippen molar-refractivity contribution in [2.75, 3.05) is 0 Å². The van der Waals surface area contributed by atoms with E-state index in [1.54, 1.807) is 42.1 Å². The number of hydrogen-bond acceptors (Lipinski definition) is 5. The molecule has 2 amide bonds. The summed E-state index contributed by atoms with van der Waals surface area (Å²) in [6.45, 7) is 1.79. The molecule has 0 bridgehead atoms. The average molecular weight is 416 g/mol. The third kappa shape index (κ3) is 3.93. The summed E-state index contributed by atoms with van der Waals surface area (Å²) in [5.41, 5.74) is 7.59. The summed E-state index contributed by atoms with van der Waals surface area (Å²) in [5.74, 6) is -2.05. The Balaban J connectivity index is 1.65. The molecule has 1 unspecified atom stereocenters. The lowest BCUT2D eigenvalue weighted by Crippen LogP contribution is -2.47. The predicted molar refractivity (Wildman–Crippen MR) is 114 cm³/mol. The maximum Gasteiger partial charge on any atom is 0.288 e. The topological polar surface area (TPSA) is 136 Å². The molecule has 0 fully saturated rings. The number of nitrogens with two attached hydrogens (primary N) is 1. The zero-order chi connectivity index (χ0) is 22.0. The van der Waals surface area contributed by atoms with E-state index in [2.05, 4.69) is 20.3 Å². The van der Waals surface area contributed by atoms with E-state index in [1.807, 2.05) is 24.3 Å². The van der Waals surface area contributed by atoms with Gasteiger partial charge in [0.25, 0.3) is 11.8 Å². The smallest absolute Gasteiger partial charge is 0.288 e. The molecule has 0 spiro atoms. The number of imidazole rings is 1. The van der Waals surface area contributed by atoms with Gasteiger partial charge >= 0.3 is 0 Å². The number of ketones is 1. The van der Waals surface area contributed by atoms with E-state index in [0.717, 1.165) is 16.5 Å². The van der Waals surface area contributed by atoms with E-state index in [4.69, 9.17) is 5.73 Å². The minimum atomic E-state index is -1.14. The number of nitrogens with one attached hydrogen (secondary N) is 2. The van der Waals surface area contributed by atoms with Crippen molar-refractivity contribution < 1.29 is 14.4 Å². The van der Waals surface area contributed by atoms with Crippen LogP contribution < -0.4 is 11.1 Å². The second kappa shape index (κ2) is 8.23. The Bertz CT molecular complexity index is 1270.